The van der Waals surface area contributed by atoms with Crippen molar-refractivity contribution in [1.82, 2.24) is 14.9 Å². The van der Waals surface area contributed by atoms with E-state index >= 15 is 0 Å². The van der Waals surface area contributed by atoms with E-state index in [0.717, 1.165) is 11.1 Å². The van der Waals surface area contributed by atoms with Crippen LogP contribution in [0.4, 0.5) is 0 Å². The number of oxazole rings is 1. The van der Waals surface area contributed by atoms with Crippen LogP contribution in [0.25, 0.3) is 0 Å². The van der Waals surface area contributed by atoms with Gasteiger partial charge in [0, 0.05) is 44.2 Å². The average Bonchev–Trinajstić information content (AvgIpc) is 3.09. The lowest BCUT2D eigenvalue weighted by atomic mass is 10.1. The molecule has 3 N–H and O–H groups in total. The Morgan fingerprint density at radius 2 is 2.06 bits per heavy atom. The molecule has 1 amide bonds. The SMILES string of the molecule is COc1ccn(CCc2nc(C)oc2Cl)c(=O)c1CC(=O)NCc1cc(Cl)ccc1CN. The zero-order valence-electron chi connectivity index (χ0n) is 17.8. The van der Waals surface area contributed by atoms with Gasteiger partial charge in [0.15, 0.2) is 5.89 Å². The Morgan fingerprint density at radius 1 is 1.28 bits per heavy atom. The van der Waals surface area contributed by atoms with Gasteiger partial charge in [0.2, 0.25) is 11.1 Å². The Kier molecular flexibility index (Phi) is 7.95. The van der Waals surface area contributed by atoms with Gasteiger partial charge < -0.3 is 24.8 Å². The Hall–Kier alpha value is -2.81. The summed E-state index contributed by atoms with van der Waals surface area (Å²) in [6.45, 7) is 2.60. The normalized spacial score (nSPS) is 10.9. The van der Waals surface area contributed by atoms with Crippen LogP contribution >= 0.6 is 23.2 Å². The number of aromatic nitrogens is 2. The van der Waals surface area contributed by atoms with Crippen LogP contribution in [0.15, 0.2) is 39.7 Å². The molecule has 8 nitrogen and oxygen atoms in total. The standard InChI is InChI=1S/C22H24Cl2N4O4/c1-13-27-18(21(24)32-13)5-7-28-8-6-19(31-2)17(22(28)30)10-20(29)26-12-15-9-16(23)4-3-14(15)11-25/h3-4,6,8-9H,5,7,10-12,25H2,1-2H3,(H,26,29). The fourth-order valence-corrected chi connectivity index (χ4v) is 3.78. The number of nitrogens with two attached hydrogens (primary N) is 1. The van der Waals surface area contributed by atoms with Gasteiger partial charge in [0.25, 0.3) is 5.56 Å². The molecular formula is C22H24Cl2N4O4. The van der Waals surface area contributed by atoms with Crippen molar-refractivity contribution in [3.63, 3.8) is 0 Å². The molecule has 2 heterocycles. The second-order valence-electron chi connectivity index (χ2n) is 7.14. The number of benzene rings is 1. The van der Waals surface area contributed by atoms with Crippen LogP contribution in [0.1, 0.15) is 28.3 Å². The van der Waals surface area contributed by atoms with E-state index in [2.05, 4.69) is 10.3 Å². The predicted molar refractivity (Wildman–Crippen MR) is 122 cm³/mol. The van der Waals surface area contributed by atoms with Gasteiger partial charge in [-0.3, -0.25) is 9.59 Å². The number of ether oxygens (including phenoxy) is 1. The minimum absolute atomic E-state index is 0.134. The molecule has 0 bridgehead atoms. The summed E-state index contributed by atoms with van der Waals surface area (Å²) >= 11 is 12.1. The van der Waals surface area contributed by atoms with Crippen molar-refractivity contribution < 1.29 is 13.9 Å². The first-order valence-electron chi connectivity index (χ1n) is 9.94. The van der Waals surface area contributed by atoms with Gasteiger partial charge in [-0.1, -0.05) is 17.7 Å². The van der Waals surface area contributed by atoms with Gasteiger partial charge in [0.05, 0.1) is 19.1 Å². The van der Waals surface area contributed by atoms with Crippen LogP contribution < -0.4 is 21.3 Å². The first-order valence-corrected chi connectivity index (χ1v) is 10.7. The Labute approximate surface area is 195 Å². The van der Waals surface area contributed by atoms with Gasteiger partial charge >= 0.3 is 0 Å². The maximum Gasteiger partial charge on any atom is 0.258 e. The average molecular weight is 479 g/mol. The number of aryl methyl sites for hydroxylation is 3. The molecule has 170 valence electrons. The molecule has 0 fully saturated rings. The number of hydrogen-bond acceptors (Lipinski definition) is 6. The second-order valence-corrected chi connectivity index (χ2v) is 7.91. The summed E-state index contributed by atoms with van der Waals surface area (Å²) in [7, 11) is 1.46. The number of rotatable bonds is 9. The number of amides is 1. The lowest BCUT2D eigenvalue weighted by Crippen LogP contribution is -2.31. The molecule has 0 unspecified atom stereocenters. The van der Waals surface area contributed by atoms with Crippen molar-refractivity contribution in [3.05, 3.63) is 79.3 Å². The highest BCUT2D eigenvalue weighted by atomic mass is 35.5. The molecule has 0 atom stereocenters. The van der Waals surface area contributed by atoms with Gasteiger partial charge in [0.1, 0.15) is 11.4 Å². The zero-order chi connectivity index (χ0) is 23.3. The van der Waals surface area contributed by atoms with Gasteiger partial charge in [-0.25, -0.2) is 4.98 Å². The van der Waals surface area contributed by atoms with E-state index in [0.29, 0.717) is 41.9 Å². The minimum atomic E-state index is -0.323. The van der Waals surface area contributed by atoms with Crippen LogP contribution in [0.2, 0.25) is 10.2 Å². The molecule has 0 aliphatic heterocycles. The third-order valence-corrected chi connectivity index (χ3v) is 5.52. The van der Waals surface area contributed by atoms with Crippen molar-refractivity contribution in [3.8, 4) is 5.75 Å². The summed E-state index contributed by atoms with van der Waals surface area (Å²) in [6, 6.07) is 6.99. The van der Waals surface area contributed by atoms with Gasteiger partial charge in [-0.2, -0.15) is 0 Å². The van der Waals surface area contributed by atoms with Crippen LogP contribution in [-0.2, 0) is 37.3 Å². The fourth-order valence-electron chi connectivity index (χ4n) is 3.34. The molecule has 0 radical (unpaired) electrons. The van der Waals surface area contributed by atoms with E-state index in [-0.39, 0.29) is 35.2 Å². The van der Waals surface area contributed by atoms with Crippen LogP contribution in [0.5, 0.6) is 5.75 Å². The van der Waals surface area contributed by atoms with Crippen molar-refractivity contribution in [2.75, 3.05) is 7.11 Å². The third kappa shape index (κ3) is 5.70. The summed E-state index contributed by atoms with van der Waals surface area (Å²) in [4.78, 5) is 29.8. The van der Waals surface area contributed by atoms with E-state index in [1.54, 1.807) is 31.3 Å². The lowest BCUT2D eigenvalue weighted by molar-refractivity contribution is -0.120. The molecule has 0 saturated carbocycles. The van der Waals surface area contributed by atoms with E-state index < -0.39 is 0 Å². The van der Waals surface area contributed by atoms with Crippen molar-refractivity contribution in [1.29, 1.82) is 0 Å². The van der Waals surface area contributed by atoms with Gasteiger partial charge in [-0.05, 0) is 40.9 Å². The summed E-state index contributed by atoms with van der Waals surface area (Å²) in [5.41, 5.74) is 7.98. The molecular weight excluding hydrogens is 455 g/mol. The molecule has 0 saturated heterocycles. The van der Waals surface area contributed by atoms with Gasteiger partial charge in [-0.15, -0.1) is 0 Å². The van der Waals surface area contributed by atoms with Crippen LogP contribution in [-0.4, -0.2) is 22.6 Å². The largest absolute Gasteiger partial charge is 0.496 e. The maximum atomic E-state index is 13.0. The lowest BCUT2D eigenvalue weighted by Gasteiger charge is -2.13. The molecule has 10 heteroatoms. The second kappa shape index (κ2) is 10.7. The fraction of sp³-hybridized carbons (Fsp3) is 0.318. The van der Waals surface area contributed by atoms with Crippen molar-refractivity contribution in [2.24, 2.45) is 5.73 Å². The highest BCUT2D eigenvalue weighted by molar-refractivity contribution is 6.30. The molecule has 1 aromatic carbocycles. The first kappa shape index (κ1) is 23.8. The summed E-state index contributed by atoms with van der Waals surface area (Å²) < 4.78 is 12.0. The highest BCUT2D eigenvalue weighted by Crippen LogP contribution is 2.19. The molecule has 0 aliphatic carbocycles. The van der Waals surface area contributed by atoms with E-state index in [4.69, 9.17) is 38.1 Å². The summed E-state index contributed by atoms with van der Waals surface area (Å²) in [6.07, 6.45) is 1.89. The predicted octanol–water partition coefficient (Wildman–Crippen LogP) is 3.02. The Bertz CT molecular complexity index is 1170. The molecule has 32 heavy (non-hydrogen) atoms. The molecule has 2 aromatic heterocycles. The number of nitrogens with one attached hydrogen (secondary N) is 1. The summed E-state index contributed by atoms with van der Waals surface area (Å²) in [5, 5.41) is 3.59. The van der Waals surface area contributed by atoms with E-state index in [9.17, 15) is 9.59 Å². The number of hydrogen-bond donors (Lipinski definition) is 2. The van der Waals surface area contributed by atoms with Crippen molar-refractivity contribution >= 4 is 29.1 Å². The monoisotopic (exact) mass is 478 g/mol. The number of methoxy groups -OCH3 is 1. The smallest absolute Gasteiger partial charge is 0.258 e. The van der Waals surface area contributed by atoms with Crippen molar-refractivity contribution in [2.45, 2.75) is 39.4 Å². The number of carbonyl (C=O) groups is 1. The number of pyridine rings is 1. The maximum absolute atomic E-state index is 13.0. The number of halogens is 2. The molecule has 0 aliphatic rings. The van der Waals surface area contributed by atoms with E-state index in [1.165, 1.54) is 11.7 Å². The molecule has 3 aromatic rings. The molecule has 0 spiro atoms. The Morgan fingerprint density at radius 3 is 2.72 bits per heavy atom. The number of nitrogens with zero attached hydrogens (tertiary/aromatic N) is 2. The highest BCUT2D eigenvalue weighted by Gasteiger charge is 2.16. The first-order chi connectivity index (χ1) is 15.3. The quantitative estimate of drug-likeness (QED) is 0.488. The third-order valence-electron chi connectivity index (χ3n) is 4.99. The molecule has 3 rings (SSSR count). The zero-order valence-corrected chi connectivity index (χ0v) is 19.3. The van der Waals surface area contributed by atoms with Crippen LogP contribution in [0.3, 0.4) is 0 Å². The topological polar surface area (TPSA) is 112 Å². The number of carbonyl (C=O) groups excluding carboxylic acids is 1. The minimum Gasteiger partial charge on any atom is -0.496 e. The summed E-state index contributed by atoms with van der Waals surface area (Å²) in [5.74, 6) is 0.486. The Balaban J connectivity index is 1.73. The van der Waals surface area contributed by atoms with Crippen LogP contribution in [0, 0.1) is 6.92 Å². The van der Waals surface area contributed by atoms with E-state index in [1.807, 2.05) is 6.07 Å².